The number of oxime groups is 1. The van der Waals surface area contributed by atoms with E-state index in [-0.39, 0.29) is 11.8 Å². The second-order valence-electron chi connectivity index (χ2n) is 5.89. The average Bonchev–Trinajstić information content (AvgIpc) is 3.02. The maximum absolute atomic E-state index is 9.10. The van der Waals surface area contributed by atoms with Crippen LogP contribution >= 0.6 is 0 Å². The Kier molecular flexibility index (Phi) is 4.41. The maximum atomic E-state index is 9.10. The number of benzene rings is 1. The first kappa shape index (κ1) is 14.4. The van der Waals surface area contributed by atoms with Crippen molar-refractivity contribution < 1.29 is 9.94 Å². The van der Waals surface area contributed by atoms with Gasteiger partial charge in [0.1, 0.15) is 5.84 Å². The fourth-order valence-corrected chi connectivity index (χ4v) is 3.59. The van der Waals surface area contributed by atoms with Crippen molar-refractivity contribution in [1.82, 2.24) is 4.90 Å². The summed E-state index contributed by atoms with van der Waals surface area (Å²) in [6.07, 6.45) is 3.93. The third-order valence-corrected chi connectivity index (χ3v) is 4.69. The van der Waals surface area contributed by atoms with Crippen LogP contribution in [0.1, 0.15) is 30.7 Å². The van der Waals surface area contributed by atoms with Crippen LogP contribution < -0.4 is 5.73 Å². The van der Waals surface area contributed by atoms with Gasteiger partial charge in [-0.15, -0.1) is 0 Å². The van der Waals surface area contributed by atoms with Gasteiger partial charge in [-0.1, -0.05) is 35.5 Å². The van der Waals surface area contributed by atoms with Gasteiger partial charge in [0.15, 0.2) is 0 Å². The van der Waals surface area contributed by atoms with Gasteiger partial charge in [0.2, 0.25) is 0 Å². The third kappa shape index (κ3) is 3.04. The fraction of sp³-hybridized carbons (Fsp3) is 0.562. The molecule has 1 saturated heterocycles. The number of ether oxygens (including phenoxy) is 1. The molecule has 1 aromatic rings. The van der Waals surface area contributed by atoms with Gasteiger partial charge in [-0.2, -0.15) is 0 Å². The van der Waals surface area contributed by atoms with Gasteiger partial charge in [0, 0.05) is 19.1 Å². The topological polar surface area (TPSA) is 71.1 Å². The van der Waals surface area contributed by atoms with E-state index >= 15 is 0 Å². The first-order chi connectivity index (χ1) is 10.3. The highest BCUT2D eigenvalue weighted by Crippen LogP contribution is 2.31. The lowest BCUT2D eigenvalue weighted by atomic mass is 9.96. The van der Waals surface area contributed by atoms with Crippen LogP contribution in [0.25, 0.3) is 0 Å². The zero-order chi connectivity index (χ0) is 14.7. The van der Waals surface area contributed by atoms with Crippen molar-refractivity contribution in [3.8, 4) is 0 Å². The lowest BCUT2D eigenvalue weighted by molar-refractivity contribution is -0.0558. The monoisotopic (exact) mass is 289 g/mol. The minimum Gasteiger partial charge on any atom is -0.409 e. The van der Waals surface area contributed by atoms with Crippen LogP contribution in [0.3, 0.4) is 0 Å². The van der Waals surface area contributed by atoms with Crippen LogP contribution in [0.15, 0.2) is 35.5 Å². The lowest BCUT2D eigenvalue weighted by Crippen LogP contribution is -2.50. The van der Waals surface area contributed by atoms with E-state index in [0.717, 1.165) is 31.7 Å². The van der Waals surface area contributed by atoms with E-state index in [9.17, 15) is 0 Å². The number of rotatable bonds is 4. The molecule has 1 heterocycles. The number of morpholine rings is 1. The van der Waals surface area contributed by atoms with Crippen LogP contribution in [0.2, 0.25) is 0 Å². The minimum absolute atomic E-state index is 0.0736. The van der Waals surface area contributed by atoms with E-state index in [1.807, 2.05) is 30.3 Å². The molecule has 1 aliphatic carbocycles. The summed E-state index contributed by atoms with van der Waals surface area (Å²) in [6.45, 7) is 2.48. The van der Waals surface area contributed by atoms with E-state index in [4.69, 9.17) is 15.7 Å². The summed E-state index contributed by atoms with van der Waals surface area (Å²) in [5.41, 5.74) is 7.04. The molecule has 1 aliphatic heterocycles. The molecule has 114 valence electrons. The highest BCUT2D eigenvalue weighted by atomic mass is 16.5. The van der Waals surface area contributed by atoms with Gasteiger partial charge in [-0.3, -0.25) is 4.90 Å². The first-order valence-electron chi connectivity index (χ1n) is 7.67. The Morgan fingerprint density at radius 2 is 2.19 bits per heavy atom. The predicted octanol–water partition coefficient (Wildman–Crippen LogP) is 1.77. The number of fused-ring (bicyclic) bond motifs is 1. The molecule has 1 aromatic carbocycles. The van der Waals surface area contributed by atoms with E-state index in [2.05, 4.69) is 10.1 Å². The second kappa shape index (κ2) is 6.45. The Morgan fingerprint density at radius 1 is 1.38 bits per heavy atom. The number of hydrogen-bond acceptors (Lipinski definition) is 4. The van der Waals surface area contributed by atoms with Crippen molar-refractivity contribution in [1.29, 1.82) is 0 Å². The van der Waals surface area contributed by atoms with Crippen LogP contribution in [0.5, 0.6) is 0 Å². The van der Waals surface area contributed by atoms with Crippen LogP contribution in [-0.4, -0.2) is 47.8 Å². The Labute approximate surface area is 125 Å². The predicted molar refractivity (Wildman–Crippen MR) is 81.5 cm³/mol. The molecule has 2 fully saturated rings. The summed E-state index contributed by atoms with van der Waals surface area (Å²) >= 11 is 0. The number of nitrogens with zero attached hydrogens (tertiary/aromatic N) is 2. The molecule has 0 spiro atoms. The number of nitrogens with two attached hydrogens (primary N) is 1. The lowest BCUT2D eigenvalue weighted by Gasteiger charge is -2.39. The summed E-state index contributed by atoms with van der Waals surface area (Å²) in [6, 6.07) is 10.5. The molecule has 5 heteroatoms. The molecule has 5 nitrogen and oxygen atoms in total. The quantitative estimate of drug-likeness (QED) is 0.383. The fourth-order valence-electron chi connectivity index (χ4n) is 3.59. The summed E-state index contributed by atoms with van der Waals surface area (Å²) in [5, 5.41) is 12.4. The molecule has 1 saturated carbocycles. The van der Waals surface area contributed by atoms with Gasteiger partial charge in [0.05, 0.1) is 18.6 Å². The minimum atomic E-state index is -0.0736. The van der Waals surface area contributed by atoms with Gasteiger partial charge in [0.25, 0.3) is 0 Å². The zero-order valence-electron chi connectivity index (χ0n) is 12.2. The molecular weight excluding hydrogens is 266 g/mol. The van der Waals surface area contributed by atoms with Crippen molar-refractivity contribution in [2.75, 3.05) is 19.7 Å². The van der Waals surface area contributed by atoms with E-state index < -0.39 is 0 Å². The number of amidine groups is 1. The molecule has 3 rings (SSSR count). The maximum Gasteiger partial charge on any atom is 0.147 e. The standard InChI is InChI=1S/C16H23N3O2/c17-16(18-20)13(12-5-2-1-3-6-12)11-19-9-10-21-15-8-4-7-14(15)19/h1-3,5-6,13-15,20H,4,7-11H2,(H2,17,18). The molecule has 0 bridgehead atoms. The van der Waals surface area contributed by atoms with Crippen LogP contribution in [0.4, 0.5) is 0 Å². The van der Waals surface area contributed by atoms with Crippen molar-refractivity contribution in [3.05, 3.63) is 35.9 Å². The molecule has 21 heavy (non-hydrogen) atoms. The smallest absolute Gasteiger partial charge is 0.147 e. The first-order valence-corrected chi connectivity index (χ1v) is 7.67. The van der Waals surface area contributed by atoms with Crippen molar-refractivity contribution >= 4 is 5.84 Å². The SMILES string of the molecule is NC(=NO)C(CN1CCOC2CCCC21)c1ccccc1. The molecule has 0 amide bonds. The molecule has 0 radical (unpaired) electrons. The van der Waals surface area contributed by atoms with Crippen molar-refractivity contribution in [3.63, 3.8) is 0 Å². The Balaban J connectivity index is 1.78. The summed E-state index contributed by atoms with van der Waals surface area (Å²) in [5.74, 6) is 0.206. The van der Waals surface area contributed by atoms with Crippen LogP contribution in [-0.2, 0) is 4.74 Å². The molecule has 2 aliphatic rings. The van der Waals surface area contributed by atoms with E-state index in [1.165, 1.54) is 12.8 Å². The van der Waals surface area contributed by atoms with Gasteiger partial charge in [-0.25, -0.2) is 0 Å². The van der Waals surface area contributed by atoms with Crippen LogP contribution in [0, 0.1) is 0 Å². The van der Waals surface area contributed by atoms with Gasteiger partial charge >= 0.3 is 0 Å². The largest absolute Gasteiger partial charge is 0.409 e. The van der Waals surface area contributed by atoms with Crippen molar-refractivity contribution in [2.45, 2.75) is 37.3 Å². The number of hydrogen-bond donors (Lipinski definition) is 2. The van der Waals surface area contributed by atoms with E-state index in [0.29, 0.717) is 12.1 Å². The van der Waals surface area contributed by atoms with Gasteiger partial charge < -0.3 is 15.7 Å². The zero-order valence-corrected chi connectivity index (χ0v) is 12.2. The Bertz CT molecular complexity index is 492. The average molecular weight is 289 g/mol. The highest BCUT2D eigenvalue weighted by Gasteiger charge is 2.37. The normalized spacial score (nSPS) is 28.3. The highest BCUT2D eigenvalue weighted by molar-refractivity contribution is 5.87. The van der Waals surface area contributed by atoms with Gasteiger partial charge in [-0.05, 0) is 24.8 Å². The Morgan fingerprint density at radius 3 is 2.95 bits per heavy atom. The van der Waals surface area contributed by atoms with Crippen molar-refractivity contribution in [2.24, 2.45) is 10.9 Å². The molecule has 3 unspecified atom stereocenters. The van der Waals surface area contributed by atoms with E-state index in [1.54, 1.807) is 0 Å². The molecule has 0 aromatic heterocycles. The second-order valence-corrected chi connectivity index (χ2v) is 5.89. The molecule has 3 atom stereocenters. The third-order valence-electron chi connectivity index (χ3n) is 4.69. The molecular formula is C16H23N3O2. The summed E-state index contributed by atoms with van der Waals surface area (Å²) in [4.78, 5) is 2.46. The summed E-state index contributed by atoms with van der Waals surface area (Å²) < 4.78 is 5.85. The Hall–Kier alpha value is -1.59. The molecule has 3 N–H and O–H groups in total. The summed E-state index contributed by atoms with van der Waals surface area (Å²) in [7, 11) is 0.